The van der Waals surface area contributed by atoms with Gasteiger partial charge in [-0.05, 0) is 24.3 Å². The second-order valence-electron chi connectivity index (χ2n) is 6.13. The maximum Gasteiger partial charge on any atom is 0.328 e. The van der Waals surface area contributed by atoms with Crippen LogP contribution in [0.15, 0.2) is 53.8 Å². The van der Waals surface area contributed by atoms with Crippen LogP contribution in [0.1, 0.15) is 5.69 Å². The molecule has 5 heterocycles. The smallest absolute Gasteiger partial charge is 0.303 e. The van der Waals surface area contributed by atoms with Crippen LogP contribution >= 0.6 is 0 Å². The molecule has 28 heavy (non-hydrogen) atoms. The van der Waals surface area contributed by atoms with E-state index < -0.39 is 17.3 Å². The second-order valence-corrected chi connectivity index (χ2v) is 6.13. The number of aromatic nitrogens is 7. The van der Waals surface area contributed by atoms with Crippen molar-refractivity contribution in [2.75, 3.05) is 0 Å². The number of hydrogen-bond donors (Lipinski definition) is 1. The highest BCUT2D eigenvalue weighted by Gasteiger charge is 2.15. The van der Waals surface area contributed by atoms with Gasteiger partial charge in [-0.15, -0.1) is 0 Å². The first-order valence-corrected chi connectivity index (χ1v) is 8.27. The number of nitrogens with one attached hydrogen (secondary N) is 1. The molecule has 5 rings (SSSR count). The van der Waals surface area contributed by atoms with E-state index in [1.807, 2.05) is 0 Å². The lowest BCUT2D eigenvalue weighted by Crippen LogP contribution is -2.18. The summed E-state index contributed by atoms with van der Waals surface area (Å²) in [6.07, 6.45) is 5.39. The van der Waals surface area contributed by atoms with Gasteiger partial charge in [-0.1, -0.05) is 0 Å². The van der Waals surface area contributed by atoms with Gasteiger partial charge in [0.25, 0.3) is 0 Å². The second kappa shape index (κ2) is 6.05. The molecule has 0 bridgehead atoms. The van der Waals surface area contributed by atoms with E-state index in [0.717, 1.165) is 6.20 Å². The average molecular weight is 379 g/mol. The highest BCUT2D eigenvalue weighted by Crippen LogP contribution is 2.19. The number of rotatable bonds is 3. The third kappa shape index (κ3) is 2.62. The molecule has 0 spiro atoms. The van der Waals surface area contributed by atoms with E-state index in [2.05, 4.69) is 24.9 Å². The van der Waals surface area contributed by atoms with Crippen molar-refractivity contribution >= 4 is 16.8 Å². The van der Waals surface area contributed by atoms with Gasteiger partial charge in [0.15, 0.2) is 11.5 Å². The zero-order valence-electron chi connectivity index (χ0n) is 14.2. The molecule has 5 aromatic heterocycles. The first kappa shape index (κ1) is 16.2. The fraction of sp³-hybridized carbons (Fsp3) is 0.0556. The van der Waals surface area contributed by atoms with Gasteiger partial charge < -0.3 is 4.98 Å². The SMILES string of the molecule is O=c1[nH]c2cnc(-c3cnc4ccc(F)cn34)nc2n1Cc1ccc(F)cn1. The monoisotopic (exact) mass is 379 g/mol. The number of hydrogen-bond acceptors (Lipinski definition) is 5. The van der Waals surface area contributed by atoms with Crippen LogP contribution in [0.25, 0.3) is 28.3 Å². The minimum atomic E-state index is -0.459. The Morgan fingerprint density at radius 1 is 0.964 bits per heavy atom. The Morgan fingerprint density at radius 3 is 2.64 bits per heavy atom. The van der Waals surface area contributed by atoms with Crippen molar-refractivity contribution < 1.29 is 8.78 Å². The Labute approximate surface area is 155 Å². The summed E-state index contributed by atoms with van der Waals surface area (Å²) < 4.78 is 29.6. The fourth-order valence-electron chi connectivity index (χ4n) is 3.00. The van der Waals surface area contributed by atoms with Crippen molar-refractivity contribution in [2.24, 2.45) is 0 Å². The fourth-order valence-corrected chi connectivity index (χ4v) is 3.00. The van der Waals surface area contributed by atoms with Crippen molar-refractivity contribution in [1.82, 2.24) is 33.9 Å². The van der Waals surface area contributed by atoms with E-state index in [1.54, 1.807) is 6.07 Å². The molecule has 0 unspecified atom stereocenters. The lowest BCUT2D eigenvalue weighted by molar-refractivity contribution is 0.617. The molecule has 1 N–H and O–H groups in total. The van der Waals surface area contributed by atoms with E-state index in [4.69, 9.17) is 0 Å². The van der Waals surface area contributed by atoms with Crippen LogP contribution in [0.2, 0.25) is 0 Å². The topological polar surface area (TPSA) is 93.8 Å². The summed E-state index contributed by atoms with van der Waals surface area (Å²) in [5, 5.41) is 0. The van der Waals surface area contributed by atoms with Crippen molar-refractivity contribution in [3.05, 3.63) is 76.9 Å². The maximum atomic E-state index is 13.6. The molecule has 0 saturated heterocycles. The third-order valence-corrected chi connectivity index (χ3v) is 4.32. The van der Waals surface area contributed by atoms with Gasteiger partial charge in [0.05, 0.1) is 30.8 Å². The molecule has 0 aromatic carbocycles. The first-order chi connectivity index (χ1) is 13.6. The molecule has 8 nitrogen and oxygen atoms in total. The van der Waals surface area contributed by atoms with Crippen molar-refractivity contribution in [3.8, 4) is 11.5 Å². The Balaban J connectivity index is 1.65. The number of H-pyrrole nitrogens is 1. The normalized spacial score (nSPS) is 11.5. The average Bonchev–Trinajstić information content (AvgIpc) is 3.24. The van der Waals surface area contributed by atoms with Crippen LogP contribution in [0, 0.1) is 11.6 Å². The summed E-state index contributed by atoms with van der Waals surface area (Å²) in [6.45, 7) is 0.108. The van der Waals surface area contributed by atoms with Gasteiger partial charge in [0.1, 0.15) is 28.5 Å². The molecule has 0 amide bonds. The number of pyridine rings is 2. The first-order valence-electron chi connectivity index (χ1n) is 8.27. The van der Waals surface area contributed by atoms with Gasteiger partial charge in [-0.3, -0.25) is 14.0 Å². The highest BCUT2D eigenvalue weighted by atomic mass is 19.1. The van der Waals surface area contributed by atoms with Gasteiger partial charge in [-0.2, -0.15) is 0 Å². The molecule has 138 valence electrons. The Morgan fingerprint density at radius 2 is 1.82 bits per heavy atom. The van der Waals surface area contributed by atoms with Crippen LogP contribution < -0.4 is 5.69 Å². The zero-order valence-corrected chi connectivity index (χ0v) is 14.2. The van der Waals surface area contributed by atoms with Gasteiger partial charge in [0.2, 0.25) is 0 Å². The molecule has 0 radical (unpaired) electrons. The van der Waals surface area contributed by atoms with Crippen LogP contribution in [-0.4, -0.2) is 33.9 Å². The van der Waals surface area contributed by atoms with E-state index in [9.17, 15) is 13.6 Å². The van der Waals surface area contributed by atoms with Gasteiger partial charge in [-0.25, -0.2) is 28.5 Å². The summed E-state index contributed by atoms with van der Waals surface area (Å²) in [4.78, 5) is 31.9. The number of imidazole rings is 2. The highest BCUT2D eigenvalue weighted by molar-refractivity contribution is 5.72. The lowest BCUT2D eigenvalue weighted by Gasteiger charge is -2.04. The molecule has 0 aliphatic heterocycles. The van der Waals surface area contributed by atoms with Crippen LogP contribution in [0.3, 0.4) is 0 Å². The molecule has 5 aromatic rings. The number of nitrogens with zero attached hydrogens (tertiary/aromatic N) is 6. The van der Waals surface area contributed by atoms with Crippen LogP contribution in [0.4, 0.5) is 8.78 Å². The largest absolute Gasteiger partial charge is 0.328 e. The van der Waals surface area contributed by atoms with Gasteiger partial charge >= 0.3 is 5.69 Å². The standard InChI is InChI=1S/C18H11F2N7O/c19-10-1-3-12(21-5-10)9-27-17-13(24-18(27)28)6-23-16(25-17)14-7-22-15-4-2-11(20)8-26(14)15/h1-8H,9H2,(H,24,28). The van der Waals surface area contributed by atoms with Gasteiger partial charge in [0, 0.05) is 6.20 Å². The number of fused-ring (bicyclic) bond motifs is 2. The lowest BCUT2D eigenvalue weighted by atomic mass is 10.3. The molecule has 0 atom stereocenters. The molecule has 0 saturated carbocycles. The quantitative estimate of drug-likeness (QED) is 0.518. The summed E-state index contributed by atoms with van der Waals surface area (Å²) in [5.41, 5.74) is 1.93. The maximum absolute atomic E-state index is 13.6. The summed E-state index contributed by atoms with van der Waals surface area (Å²) in [7, 11) is 0. The van der Waals surface area contributed by atoms with E-state index in [1.165, 1.54) is 45.8 Å². The molecular formula is C18H11F2N7O. The third-order valence-electron chi connectivity index (χ3n) is 4.32. The van der Waals surface area contributed by atoms with Crippen molar-refractivity contribution in [2.45, 2.75) is 6.54 Å². The van der Waals surface area contributed by atoms with Crippen LogP contribution in [-0.2, 0) is 6.54 Å². The minimum absolute atomic E-state index is 0.108. The minimum Gasteiger partial charge on any atom is -0.303 e. The van der Waals surface area contributed by atoms with E-state index in [-0.39, 0.29) is 12.4 Å². The number of aromatic amines is 1. The summed E-state index contributed by atoms with van der Waals surface area (Å²) >= 11 is 0. The zero-order chi connectivity index (χ0) is 19.3. The predicted molar refractivity (Wildman–Crippen MR) is 95.6 cm³/mol. The molecule has 10 heteroatoms. The van der Waals surface area contributed by atoms with Crippen molar-refractivity contribution in [3.63, 3.8) is 0 Å². The van der Waals surface area contributed by atoms with E-state index >= 15 is 0 Å². The summed E-state index contributed by atoms with van der Waals surface area (Å²) in [6, 6.07) is 5.63. The molecular weight excluding hydrogens is 368 g/mol. The van der Waals surface area contributed by atoms with E-state index in [0.29, 0.717) is 28.2 Å². The molecule has 0 aliphatic rings. The molecule has 0 fully saturated rings. The summed E-state index contributed by atoms with van der Waals surface area (Å²) in [5.74, 6) is -0.598. The van der Waals surface area contributed by atoms with Crippen molar-refractivity contribution in [1.29, 1.82) is 0 Å². The van der Waals surface area contributed by atoms with Crippen LogP contribution in [0.5, 0.6) is 0 Å². The molecule has 0 aliphatic carbocycles. The number of halogens is 2. The Kier molecular flexibility index (Phi) is 3.51. The Hall–Kier alpha value is -3.95. The predicted octanol–water partition coefficient (Wildman–Crippen LogP) is 2.16. The Bertz CT molecular complexity index is 1390.